The normalized spacial score (nSPS) is 14.4. The van der Waals surface area contributed by atoms with Gasteiger partial charge in [-0.15, -0.1) is 0 Å². The Bertz CT molecular complexity index is 1150. The first kappa shape index (κ1) is 19.7. The fourth-order valence-electron chi connectivity index (χ4n) is 3.49. The number of aryl methyl sites for hydroxylation is 1. The summed E-state index contributed by atoms with van der Waals surface area (Å²) >= 11 is 0. The predicted octanol–water partition coefficient (Wildman–Crippen LogP) is 4.18. The average molecular weight is 403 g/mol. The molecule has 1 fully saturated rings. The standard InChI is InChI=1S/C23H21N3O4/c1-16-6-7-18(15-21(16)26(28)29)22(27)9-8-19-14-17-4-2-3-5-20(17)24-23(19)25-10-12-30-13-11-25/h2-9,14-15H,10-13H2,1H3/b9-8+. The third-order valence-electron chi connectivity index (χ3n) is 5.15. The van der Waals surface area contributed by atoms with Crippen LogP contribution in [0.15, 0.2) is 54.6 Å². The lowest BCUT2D eigenvalue weighted by Crippen LogP contribution is -2.37. The maximum Gasteiger partial charge on any atom is 0.273 e. The number of nitro benzene ring substituents is 1. The number of nitrogens with zero attached hydrogens (tertiary/aromatic N) is 3. The number of rotatable bonds is 5. The summed E-state index contributed by atoms with van der Waals surface area (Å²) in [6.07, 6.45) is 3.18. The van der Waals surface area contributed by atoms with E-state index in [9.17, 15) is 14.9 Å². The van der Waals surface area contributed by atoms with E-state index in [0.29, 0.717) is 18.8 Å². The van der Waals surface area contributed by atoms with Crippen LogP contribution in [-0.2, 0) is 4.74 Å². The maximum atomic E-state index is 12.7. The number of morpholine rings is 1. The number of carbonyl (C=O) groups is 1. The number of benzene rings is 2. The molecule has 152 valence electrons. The van der Waals surface area contributed by atoms with Gasteiger partial charge in [0.15, 0.2) is 5.78 Å². The molecule has 0 radical (unpaired) electrons. The number of ketones is 1. The molecule has 1 aliphatic rings. The van der Waals surface area contributed by atoms with Gasteiger partial charge in [-0.25, -0.2) is 4.98 Å². The molecule has 1 saturated heterocycles. The molecule has 1 aromatic heterocycles. The van der Waals surface area contributed by atoms with E-state index in [1.807, 2.05) is 30.3 Å². The Balaban J connectivity index is 1.70. The van der Waals surface area contributed by atoms with Crippen molar-refractivity contribution in [1.82, 2.24) is 4.98 Å². The third kappa shape index (κ3) is 4.06. The molecule has 2 heterocycles. The van der Waals surface area contributed by atoms with Gasteiger partial charge in [0.1, 0.15) is 5.82 Å². The van der Waals surface area contributed by atoms with E-state index in [0.717, 1.165) is 35.4 Å². The van der Waals surface area contributed by atoms with Gasteiger partial charge < -0.3 is 9.64 Å². The van der Waals surface area contributed by atoms with E-state index in [4.69, 9.17) is 9.72 Å². The molecule has 0 amide bonds. The number of pyridine rings is 1. The number of nitro groups is 1. The summed E-state index contributed by atoms with van der Waals surface area (Å²) in [5.41, 5.74) is 2.46. The number of para-hydroxylation sites is 1. The van der Waals surface area contributed by atoms with Crippen LogP contribution in [0.1, 0.15) is 21.5 Å². The first-order chi connectivity index (χ1) is 14.5. The molecular weight excluding hydrogens is 382 g/mol. The van der Waals surface area contributed by atoms with Crippen LogP contribution in [0.2, 0.25) is 0 Å². The number of anilines is 1. The monoisotopic (exact) mass is 403 g/mol. The van der Waals surface area contributed by atoms with Crippen molar-refractivity contribution >= 4 is 34.3 Å². The molecule has 0 unspecified atom stereocenters. The fourth-order valence-corrected chi connectivity index (χ4v) is 3.49. The summed E-state index contributed by atoms with van der Waals surface area (Å²) in [6.45, 7) is 4.36. The van der Waals surface area contributed by atoms with Crippen molar-refractivity contribution in [3.8, 4) is 0 Å². The van der Waals surface area contributed by atoms with E-state index in [2.05, 4.69) is 4.90 Å². The van der Waals surface area contributed by atoms with Crippen LogP contribution in [0.4, 0.5) is 11.5 Å². The molecule has 7 heteroatoms. The van der Waals surface area contributed by atoms with Crippen LogP contribution in [0.5, 0.6) is 0 Å². The predicted molar refractivity (Wildman–Crippen MR) is 116 cm³/mol. The highest BCUT2D eigenvalue weighted by atomic mass is 16.6. The van der Waals surface area contributed by atoms with E-state index in [1.54, 1.807) is 25.1 Å². The summed E-state index contributed by atoms with van der Waals surface area (Å²) < 4.78 is 5.45. The Morgan fingerprint density at radius 3 is 2.70 bits per heavy atom. The summed E-state index contributed by atoms with van der Waals surface area (Å²) in [5, 5.41) is 12.2. The Morgan fingerprint density at radius 1 is 1.17 bits per heavy atom. The smallest absolute Gasteiger partial charge is 0.273 e. The van der Waals surface area contributed by atoms with E-state index in [1.165, 1.54) is 12.1 Å². The van der Waals surface area contributed by atoms with Crippen LogP contribution in [0.3, 0.4) is 0 Å². The van der Waals surface area contributed by atoms with Crippen molar-refractivity contribution in [2.75, 3.05) is 31.2 Å². The average Bonchev–Trinajstić information content (AvgIpc) is 2.77. The molecule has 1 aliphatic heterocycles. The number of hydrogen-bond donors (Lipinski definition) is 0. The summed E-state index contributed by atoms with van der Waals surface area (Å²) in [7, 11) is 0. The minimum atomic E-state index is -0.473. The quantitative estimate of drug-likeness (QED) is 0.275. The van der Waals surface area contributed by atoms with Crippen molar-refractivity contribution in [3.63, 3.8) is 0 Å². The second-order valence-corrected chi connectivity index (χ2v) is 7.15. The SMILES string of the molecule is Cc1ccc(C(=O)/C=C/c2cc3ccccc3nc2N2CCOCC2)cc1[N+](=O)[O-]. The van der Waals surface area contributed by atoms with E-state index >= 15 is 0 Å². The zero-order chi connectivity index (χ0) is 21.1. The van der Waals surface area contributed by atoms with Gasteiger partial charge in [-0.3, -0.25) is 14.9 Å². The molecule has 30 heavy (non-hydrogen) atoms. The number of allylic oxidation sites excluding steroid dienone is 1. The molecule has 0 N–H and O–H groups in total. The molecule has 0 atom stereocenters. The minimum Gasteiger partial charge on any atom is -0.378 e. The van der Waals surface area contributed by atoms with Gasteiger partial charge in [0.05, 0.1) is 23.7 Å². The molecule has 2 aromatic carbocycles. The topological polar surface area (TPSA) is 85.6 Å². The van der Waals surface area contributed by atoms with Crippen molar-refractivity contribution in [2.24, 2.45) is 0 Å². The second-order valence-electron chi connectivity index (χ2n) is 7.15. The van der Waals surface area contributed by atoms with Gasteiger partial charge in [-0.05, 0) is 31.2 Å². The van der Waals surface area contributed by atoms with Crippen LogP contribution in [0.25, 0.3) is 17.0 Å². The van der Waals surface area contributed by atoms with E-state index in [-0.39, 0.29) is 17.0 Å². The molecule has 0 aliphatic carbocycles. The fraction of sp³-hybridized carbons (Fsp3) is 0.217. The van der Waals surface area contributed by atoms with Gasteiger partial charge in [0.25, 0.3) is 5.69 Å². The number of fused-ring (bicyclic) bond motifs is 1. The summed E-state index contributed by atoms with van der Waals surface area (Å²) in [5.74, 6) is 0.509. The van der Waals surface area contributed by atoms with Crippen molar-refractivity contribution < 1.29 is 14.5 Å². The highest BCUT2D eigenvalue weighted by molar-refractivity contribution is 6.07. The highest BCUT2D eigenvalue weighted by Gasteiger charge is 2.17. The number of carbonyl (C=O) groups excluding carboxylic acids is 1. The third-order valence-corrected chi connectivity index (χ3v) is 5.15. The number of aromatic nitrogens is 1. The van der Waals surface area contributed by atoms with Gasteiger partial charge in [-0.2, -0.15) is 0 Å². The van der Waals surface area contributed by atoms with E-state index < -0.39 is 4.92 Å². The summed E-state index contributed by atoms with van der Waals surface area (Å²) in [4.78, 5) is 30.4. The lowest BCUT2D eigenvalue weighted by molar-refractivity contribution is -0.385. The minimum absolute atomic E-state index is 0.0596. The second kappa shape index (κ2) is 8.42. The lowest BCUT2D eigenvalue weighted by atomic mass is 10.0. The Labute approximate surface area is 173 Å². The molecule has 3 aromatic rings. The van der Waals surface area contributed by atoms with Crippen molar-refractivity contribution in [1.29, 1.82) is 0 Å². The number of hydrogen-bond acceptors (Lipinski definition) is 6. The molecule has 0 spiro atoms. The zero-order valence-corrected chi connectivity index (χ0v) is 16.6. The summed E-state index contributed by atoms with van der Waals surface area (Å²) in [6, 6.07) is 14.4. The molecule has 4 rings (SSSR count). The lowest BCUT2D eigenvalue weighted by Gasteiger charge is -2.29. The van der Waals surface area contributed by atoms with Gasteiger partial charge in [-0.1, -0.05) is 30.3 Å². The largest absolute Gasteiger partial charge is 0.378 e. The van der Waals surface area contributed by atoms with Gasteiger partial charge >= 0.3 is 0 Å². The van der Waals surface area contributed by atoms with Crippen LogP contribution >= 0.6 is 0 Å². The van der Waals surface area contributed by atoms with Crippen LogP contribution in [0, 0.1) is 17.0 Å². The zero-order valence-electron chi connectivity index (χ0n) is 16.6. The Morgan fingerprint density at radius 2 is 1.93 bits per heavy atom. The van der Waals surface area contributed by atoms with Crippen LogP contribution in [-0.4, -0.2) is 42.0 Å². The molecule has 7 nitrogen and oxygen atoms in total. The maximum absolute atomic E-state index is 12.7. The van der Waals surface area contributed by atoms with Crippen LogP contribution < -0.4 is 4.90 Å². The first-order valence-corrected chi connectivity index (χ1v) is 9.73. The van der Waals surface area contributed by atoms with Gasteiger partial charge in [0.2, 0.25) is 0 Å². The van der Waals surface area contributed by atoms with Crippen molar-refractivity contribution in [3.05, 3.63) is 81.4 Å². The number of ether oxygens (including phenoxy) is 1. The molecule has 0 bridgehead atoms. The molecular formula is C23H21N3O4. The highest BCUT2D eigenvalue weighted by Crippen LogP contribution is 2.26. The molecule has 0 saturated carbocycles. The Kier molecular flexibility index (Phi) is 5.54. The van der Waals surface area contributed by atoms with Crippen molar-refractivity contribution in [2.45, 2.75) is 6.92 Å². The first-order valence-electron chi connectivity index (χ1n) is 9.73. The Hall–Kier alpha value is -3.58. The van der Waals surface area contributed by atoms with Gasteiger partial charge in [0, 0.05) is 41.2 Å².